The van der Waals surface area contributed by atoms with E-state index < -0.39 is 0 Å². The van der Waals surface area contributed by atoms with Crippen LogP contribution in [0, 0.1) is 5.92 Å². The van der Waals surface area contributed by atoms with Crippen molar-refractivity contribution in [3.8, 4) is 5.69 Å². The number of para-hydroxylation sites is 1. The number of nitrogens with one attached hydrogen (secondary N) is 2. The molecule has 0 bridgehead atoms. The Hall–Kier alpha value is -3.91. The van der Waals surface area contributed by atoms with Crippen molar-refractivity contribution in [2.45, 2.75) is 25.8 Å². The number of carbonyl (C=O) groups is 2. The summed E-state index contributed by atoms with van der Waals surface area (Å²) in [4.78, 5) is 31.0. The minimum Gasteiger partial charge on any atom is -0.381 e. The molecule has 2 aliphatic rings. The molecule has 0 spiro atoms. The summed E-state index contributed by atoms with van der Waals surface area (Å²) in [7, 11) is 0. The first-order valence-corrected chi connectivity index (χ1v) is 12.1. The van der Waals surface area contributed by atoms with Gasteiger partial charge in [-0.3, -0.25) is 9.59 Å². The molecule has 0 unspecified atom stereocenters. The predicted octanol–water partition coefficient (Wildman–Crippen LogP) is 3.92. The lowest BCUT2D eigenvalue weighted by atomic mass is 9.99. The molecule has 178 valence electrons. The molecule has 4 heterocycles. The zero-order valence-corrected chi connectivity index (χ0v) is 19.4. The van der Waals surface area contributed by atoms with Crippen molar-refractivity contribution in [2.75, 3.05) is 25.1 Å². The molecule has 0 aliphatic carbocycles. The lowest BCUT2D eigenvalue weighted by Gasteiger charge is -2.27. The van der Waals surface area contributed by atoms with Crippen LogP contribution in [0.2, 0.25) is 0 Å². The molecule has 2 amide bonds. The Balaban J connectivity index is 1.12. The van der Waals surface area contributed by atoms with Crippen molar-refractivity contribution < 1.29 is 14.3 Å². The van der Waals surface area contributed by atoms with Crippen molar-refractivity contribution in [1.29, 1.82) is 0 Å². The zero-order valence-electron chi connectivity index (χ0n) is 19.4. The highest BCUT2D eigenvalue weighted by Crippen LogP contribution is 2.28. The second-order valence-corrected chi connectivity index (χ2v) is 9.20. The van der Waals surface area contributed by atoms with Gasteiger partial charge < -0.3 is 19.9 Å². The summed E-state index contributed by atoms with van der Waals surface area (Å²) < 4.78 is 7.03. The highest BCUT2D eigenvalue weighted by atomic mass is 16.5. The molecular formula is C27H27N5O3. The molecule has 1 fully saturated rings. The lowest BCUT2D eigenvalue weighted by molar-refractivity contribution is -0.122. The van der Waals surface area contributed by atoms with E-state index in [0.717, 1.165) is 36.2 Å². The molecule has 8 heteroatoms. The molecule has 2 N–H and O–H groups in total. The van der Waals surface area contributed by atoms with Crippen LogP contribution in [0.25, 0.3) is 16.6 Å². The van der Waals surface area contributed by atoms with Gasteiger partial charge in [0.1, 0.15) is 0 Å². The third kappa shape index (κ3) is 4.21. The van der Waals surface area contributed by atoms with Gasteiger partial charge in [-0.25, -0.2) is 4.68 Å². The number of anilines is 1. The molecular weight excluding hydrogens is 442 g/mol. The molecule has 2 aliphatic heterocycles. The van der Waals surface area contributed by atoms with E-state index in [4.69, 9.17) is 4.74 Å². The number of H-pyrrole nitrogens is 1. The number of rotatable bonds is 4. The van der Waals surface area contributed by atoms with Gasteiger partial charge >= 0.3 is 0 Å². The Kier molecular flexibility index (Phi) is 5.58. The van der Waals surface area contributed by atoms with Crippen LogP contribution in [0.1, 0.15) is 34.5 Å². The fourth-order valence-electron chi connectivity index (χ4n) is 5.04. The molecule has 8 nitrogen and oxygen atoms in total. The van der Waals surface area contributed by atoms with Crippen molar-refractivity contribution in [3.63, 3.8) is 0 Å². The van der Waals surface area contributed by atoms with E-state index in [-0.39, 0.29) is 17.7 Å². The number of carbonyl (C=O) groups excluding carboxylic acids is 2. The summed E-state index contributed by atoms with van der Waals surface area (Å²) in [6.07, 6.45) is 5.76. The topological polar surface area (TPSA) is 92.3 Å². The number of aromatic amines is 1. The van der Waals surface area contributed by atoms with E-state index in [9.17, 15) is 9.59 Å². The van der Waals surface area contributed by atoms with Crippen LogP contribution >= 0.6 is 0 Å². The fraction of sp³-hybridized carbons (Fsp3) is 0.296. The van der Waals surface area contributed by atoms with E-state index in [1.807, 2.05) is 35.2 Å². The first kappa shape index (κ1) is 21.6. The summed E-state index contributed by atoms with van der Waals surface area (Å²) in [6.45, 7) is 2.54. The summed E-state index contributed by atoms with van der Waals surface area (Å²) in [5.74, 6) is 0.00630. The summed E-state index contributed by atoms with van der Waals surface area (Å²) in [6, 6.07) is 15.7. The van der Waals surface area contributed by atoms with Gasteiger partial charge in [-0.05, 0) is 55.2 Å². The third-order valence-corrected chi connectivity index (χ3v) is 6.99. The second kappa shape index (κ2) is 9.03. The Labute approximate surface area is 202 Å². The van der Waals surface area contributed by atoms with E-state index in [1.54, 1.807) is 17.1 Å². The number of amides is 2. The largest absolute Gasteiger partial charge is 0.381 e. The maximum Gasteiger partial charge on any atom is 0.254 e. The number of ether oxygens (including phenoxy) is 1. The molecule has 0 radical (unpaired) electrons. The van der Waals surface area contributed by atoms with Gasteiger partial charge in [0.2, 0.25) is 5.91 Å². The molecule has 0 saturated carbocycles. The molecule has 2 aromatic heterocycles. The van der Waals surface area contributed by atoms with Crippen molar-refractivity contribution >= 4 is 28.4 Å². The highest BCUT2D eigenvalue weighted by molar-refractivity contribution is 5.95. The maximum absolute atomic E-state index is 13.2. The summed E-state index contributed by atoms with van der Waals surface area (Å²) in [5, 5.41) is 8.57. The van der Waals surface area contributed by atoms with E-state index in [0.29, 0.717) is 37.6 Å². The monoisotopic (exact) mass is 469 g/mol. The van der Waals surface area contributed by atoms with Crippen molar-refractivity contribution in [3.05, 3.63) is 77.7 Å². The first-order chi connectivity index (χ1) is 17.2. The number of benzene rings is 2. The molecule has 35 heavy (non-hydrogen) atoms. The number of nitrogens with zero attached hydrogens (tertiary/aromatic N) is 3. The summed E-state index contributed by atoms with van der Waals surface area (Å²) in [5.41, 5.74) is 5.69. The van der Waals surface area contributed by atoms with Crippen LogP contribution in [-0.4, -0.2) is 51.2 Å². The minimum atomic E-state index is -0.0207. The average Bonchev–Trinajstić information content (AvgIpc) is 3.53. The van der Waals surface area contributed by atoms with Gasteiger partial charge in [-0.2, -0.15) is 5.10 Å². The standard InChI is InChI=1S/C27H27N5O3/c33-26(18-10-13-35-14-11-18)29-20-15-28-32(16-20)21-7-5-19(6-8-21)27(34)31-12-9-23-22-3-1-2-4-24(22)30-25(23)17-31/h1-8,15-16,18,30H,9-14,17H2,(H,29,33). The molecule has 4 aromatic rings. The lowest BCUT2D eigenvalue weighted by Crippen LogP contribution is -2.35. The maximum atomic E-state index is 13.2. The van der Waals surface area contributed by atoms with Gasteiger partial charge in [0, 0.05) is 47.8 Å². The molecule has 2 aromatic carbocycles. The van der Waals surface area contributed by atoms with Gasteiger partial charge in [-0.15, -0.1) is 0 Å². The Morgan fingerprint density at radius 3 is 2.69 bits per heavy atom. The molecule has 0 atom stereocenters. The highest BCUT2D eigenvalue weighted by Gasteiger charge is 2.25. The summed E-state index contributed by atoms with van der Waals surface area (Å²) >= 11 is 0. The second-order valence-electron chi connectivity index (χ2n) is 9.20. The smallest absolute Gasteiger partial charge is 0.254 e. The fourth-order valence-corrected chi connectivity index (χ4v) is 5.04. The van der Waals surface area contributed by atoms with E-state index in [2.05, 4.69) is 33.6 Å². The Morgan fingerprint density at radius 1 is 1.06 bits per heavy atom. The van der Waals surface area contributed by atoms with Gasteiger partial charge in [0.15, 0.2) is 0 Å². The van der Waals surface area contributed by atoms with Crippen molar-refractivity contribution in [2.24, 2.45) is 5.92 Å². The van der Waals surface area contributed by atoms with Gasteiger partial charge in [-0.1, -0.05) is 18.2 Å². The van der Waals surface area contributed by atoms with Crippen LogP contribution in [0.3, 0.4) is 0 Å². The molecule has 1 saturated heterocycles. The number of hydrogen-bond acceptors (Lipinski definition) is 4. The first-order valence-electron chi connectivity index (χ1n) is 12.1. The Morgan fingerprint density at radius 2 is 1.86 bits per heavy atom. The Bertz CT molecular complexity index is 1380. The van der Waals surface area contributed by atoms with Crippen LogP contribution in [0.15, 0.2) is 60.9 Å². The van der Waals surface area contributed by atoms with E-state index in [1.165, 1.54) is 10.9 Å². The van der Waals surface area contributed by atoms with E-state index >= 15 is 0 Å². The number of aromatic nitrogens is 3. The zero-order chi connectivity index (χ0) is 23.8. The van der Waals surface area contributed by atoms with Gasteiger partial charge in [0.25, 0.3) is 5.91 Å². The van der Waals surface area contributed by atoms with Crippen LogP contribution in [-0.2, 0) is 22.5 Å². The third-order valence-electron chi connectivity index (χ3n) is 6.99. The van der Waals surface area contributed by atoms with Crippen LogP contribution in [0.4, 0.5) is 5.69 Å². The normalized spacial score (nSPS) is 16.3. The molecule has 6 rings (SSSR count). The number of fused-ring (bicyclic) bond motifs is 3. The number of hydrogen-bond donors (Lipinski definition) is 2. The van der Waals surface area contributed by atoms with Crippen molar-refractivity contribution in [1.82, 2.24) is 19.7 Å². The SMILES string of the molecule is O=C(Nc1cnn(-c2ccc(C(=O)N3CCc4c([nH]c5ccccc45)C3)cc2)c1)C1CCOCC1. The average molecular weight is 470 g/mol. The minimum absolute atomic E-state index is 0.00782. The quantitative estimate of drug-likeness (QED) is 0.474. The predicted molar refractivity (Wildman–Crippen MR) is 132 cm³/mol. The van der Waals surface area contributed by atoms with Crippen LogP contribution < -0.4 is 5.32 Å². The van der Waals surface area contributed by atoms with Gasteiger partial charge in [0.05, 0.1) is 30.3 Å². The van der Waals surface area contributed by atoms with Crippen LogP contribution in [0.5, 0.6) is 0 Å².